The van der Waals surface area contributed by atoms with E-state index in [4.69, 9.17) is 0 Å². The van der Waals surface area contributed by atoms with Crippen molar-refractivity contribution in [3.8, 4) is 5.82 Å². The number of nitrogens with zero attached hydrogens (tertiary/aromatic N) is 4. The van der Waals surface area contributed by atoms with Gasteiger partial charge in [-0.2, -0.15) is 13.9 Å². The van der Waals surface area contributed by atoms with Gasteiger partial charge in [0.15, 0.2) is 5.82 Å². The predicted octanol–water partition coefficient (Wildman–Crippen LogP) is 1.50. The van der Waals surface area contributed by atoms with Crippen molar-refractivity contribution in [2.24, 2.45) is 0 Å². The molecule has 0 unspecified atom stereocenters. The first-order valence-corrected chi connectivity index (χ1v) is 9.91. The molecule has 0 bridgehead atoms. The molecule has 12 heteroatoms. The minimum absolute atomic E-state index is 0.102. The summed E-state index contributed by atoms with van der Waals surface area (Å²) in [6.45, 7) is 0.357. The minimum atomic E-state index is -4.88. The fraction of sp³-hybridized carbons (Fsp3) is 0.176. The van der Waals surface area contributed by atoms with E-state index in [-0.39, 0.29) is 18.7 Å². The summed E-state index contributed by atoms with van der Waals surface area (Å²) in [6.07, 6.45) is 3.33. The van der Waals surface area contributed by atoms with Crippen molar-refractivity contribution >= 4 is 21.6 Å². The second-order valence-corrected chi connectivity index (χ2v) is 7.60. The summed E-state index contributed by atoms with van der Waals surface area (Å²) in [6, 6.07) is 9.96. The smallest absolute Gasteiger partial charge is 0.341 e. The van der Waals surface area contributed by atoms with Crippen molar-refractivity contribution in [1.82, 2.24) is 25.3 Å². The fourth-order valence-electron chi connectivity index (χ4n) is 2.41. The number of halogens is 2. The van der Waals surface area contributed by atoms with Gasteiger partial charge in [-0.3, -0.25) is 4.79 Å². The van der Waals surface area contributed by atoms with Crippen LogP contribution in [0.1, 0.15) is 10.4 Å². The first-order valence-electron chi connectivity index (χ1n) is 8.36. The SMILES string of the molecule is O=C(NCCNc1ccc(-n2cccn2)nn1)c1ccccc1S(=O)(=O)C(F)F. The van der Waals surface area contributed by atoms with E-state index in [1.165, 1.54) is 18.2 Å². The molecule has 0 aliphatic carbocycles. The molecule has 0 saturated carbocycles. The second-order valence-electron chi connectivity index (χ2n) is 5.71. The number of aromatic nitrogens is 4. The van der Waals surface area contributed by atoms with Crippen LogP contribution in [0.2, 0.25) is 0 Å². The third-order valence-electron chi connectivity index (χ3n) is 3.78. The van der Waals surface area contributed by atoms with Crippen LogP contribution < -0.4 is 10.6 Å². The molecule has 152 valence electrons. The zero-order chi connectivity index (χ0) is 20.9. The molecule has 0 fully saturated rings. The van der Waals surface area contributed by atoms with Crippen LogP contribution in [0.25, 0.3) is 5.82 Å². The van der Waals surface area contributed by atoms with Gasteiger partial charge in [-0.1, -0.05) is 12.1 Å². The number of benzene rings is 1. The van der Waals surface area contributed by atoms with Gasteiger partial charge in [0, 0.05) is 25.5 Å². The molecule has 2 heterocycles. The lowest BCUT2D eigenvalue weighted by Gasteiger charge is -2.11. The van der Waals surface area contributed by atoms with Gasteiger partial charge in [0.25, 0.3) is 5.91 Å². The quantitative estimate of drug-likeness (QED) is 0.528. The number of hydrogen-bond donors (Lipinski definition) is 2. The summed E-state index contributed by atoms with van der Waals surface area (Å²) in [5, 5.41) is 17.4. The molecule has 9 nitrogen and oxygen atoms in total. The molecule has 1 amide bonds. The summed E-state index contributed by atoms with van der Waals surface area (Å²) < 4.78 is 50.6. The summed E-state index contributed by atoms with van der Waals surface area (Å²) in [5.74, 6) is -3.39. The molecule has 2 N–H and O–H groups in total. The highest BCUT2D eigenvalue weighted by Gasteiger charge is 2.30. The van der Waals surface area contributed by atoms with E-state index in [0.29, 0.717) is 11.6 Å². The van der Waals surface area contributed by atoms with Crippen LogP contribution in [0.4, 0.5) is 14.6 Å². The Balaban J connectivity index is 1.56. The zero-order valence-corrected chi connectivity index (χ0v) is 15.7. The topological polar surface area (TPSA) is 119 Å². The molecular weight excluding hydrogens is 406 g/mol. The highest BCUT2D eigenvalue weighted by Crippen LogP contribution is 2.22. The zero-order valence-electron chi connectivity index (χ0n) is 14.9. The summed E-state index contributed by atoms with van der Waals surface area (Å²) in [5.41, 5.74) is -0.337. The third kappa shape index (κ3) is 4.71. The van der Waals surface area contributed by atoms with Crippen LogP contribution in [-0.2, 0) is 9.84 Å². The Morgan fingerprint density at radius 2 is 1.86 bits per heavy atom. The maximum Gasteiger partial charge on any atom is 0.341 e. The number of anilines is 1. The molecule has 3 rings (SSSR count). The van der Waals surface area contributed by atoms with E-state index < -0.39 is 26.4 Å². The van der Waals surface area contributed by atoms with E-state index >= 15 is 0 Å². The van der Waals surface area contributed by atoms with Crippen LogP contribution in [0.15, 0.2) is 59.8 Å². The monoisotopic (exact) mass is 422 g/mol. The largest absolute Gasteiger partial charge is 0.367 e. The third-order valence-corrected chi connectivity index (χ3v) is 5.22. The van der Waals surface area contributed by atoms with Crippen molar-refractivity contribution in [1.29, 1.82) is 0 Å². The molecule has 3 aromatic rings. The fourth-order valence-corrected chi connectivity index (χ4v) is 3.33. The summed E-state index contributed by atoms with van der Waals surface area (Å²) in [7, 11) is -4.88. The number of carbonyl (C=O) groups excluding carboxylic acids is 1. The standard InChI is InChI=1S/C17H16F2N6O3S/c18-17(19)29(27,28)13-5-2-1-4-12(13)16(26)21-10-9-20-14-6-7-15(24-23-14)25-11-3-8-22-25/h1-8,11,17H,9-10H2,(H,20,23)(H,21,26). The molecule has 0 atom stereocenters. The van der Waals surface area contributed by atoms with Gasteiger partial charge in [-0.15, -0.1) is 10.2 Å². The number of amides is 1. The van der Waals surface area contributed by atoms with Crippen molar-refractivity contribution in [2.45, 2.75) is 10.7 Å². The van der Waals surface area contributed by atoms with Gasteiger partial charge in [0.1, 0.15) is 5.82 Å². The molecule has 0 aliphatic heterocycles. The molecule has 0 aliphatic rings. The molecule has 0 spiro atoms. The Labute approximate surface area is 164 Å². The highest BCUT2D eigenvalue weighted by molar-refractivity contribution is 7.91. The van der Waals surface area contributed by atoms with Gasteiger partial charge in [0.05, 0.1) is 10.5 Å². The van der Waals surface area contributed by atoms with E-state index in [0.717, 1.165) is 6.07 Å². The lowest BCUT2D eigenvalue weighted by atomic mass is 10.2. The van der Waals surface area contributed by atoms with Crippen molar-refractivity contribution in [2.75, 3.05) is 18.4 Å². The van der Waals surface area contributed by atoms with Gasteiger partial charge < -0.3 is 10.6 Å². The second kappa shape index (κ2) is 8.73. The van der Waals surface area contributed by atoms with Crippen LogP contribution in [-0.4, -0.2) is 53.1 Å². The normalized spacial score (nSPS) is 11.4. The Morgan fingerprint density at radius 3 is 2.52 bits per heavy atom. The lowest BCUT2D eigenvalue weighted by molar-refractivity contribution is 0.0951. The Hall–Kier alpha value is -3.41. The van der Waals surface area contributed by atoms with Crippen molar-refractivity contribution < 1.29 is 22.0 Å². The average Bonchev–Trinajstić information content (AvgIpc) is 3.26. The van der Waals surface area contributed by atoms with Crippen LogP contribution >= 0.6 is 0 Å². The number of carbonyl (C=O) groups is 1. The lowest BCUT2D eigenvalue weighted by Crippen LogP contribution is -2.30. The Morgan fingerprint density at radius 1 is 1.07 bits per heavy atom. The molecule has 2 aromatic heterocycles. The molecule has 0 radical (unpaired) electrons. The summed E-state index contributed by atoms with van der Waals surface area (Å²) >= 11 is 0. The van der Waals surface area contributed by atoms with Gasteiger partial charge in [-0.25, -0.2) is 13.1 Å². The van der Waals surface area contributed by atoms with E-state index in [2.05, 4.69) is 25.9 Å². The Bertz CT molecular complexity index is 1070. The van der Waals surface area contributed by atoms with E-state index in [1.54, 1.807) is 35.3 Å². The van der Waals surface area contributed by atoms with Gasteiger partial charge >= 0.3 is 5.76 Å². The number of rotatable bonds is 8. The van der Waals surface area contributed by atoms with Crippen LogP contribution in [0.3, 0.4) is 0 Å². The van der Waals surface area contributed by atoms with Gasteiger partial charge in [-0.05, 0) is 30.3 Å². The first-order chi connectivity index (χ1) is 13.9. The maximum absolute atomic E-state index is 12.8. The minimum Gasteiger partial charge on any atom is -0.367 e. The molecular formula is C17H16F2N6O3S. The molecule has 1 aromatic carbocycles. The highest BCUT2D eigenvalue weighted by atomic mass is 32.2. The predicted molar refractivity (Wildman–Crippen MR) is 99.6 cm³/mol. The van der Waals surface area contributed by atoms with Crippen LogP contribution in [0.5, 0.6) is 0 Å². The Kier molecular flexibility index (Phi) is 6.12. The number of alkyl halides is 2. The number of hydrogen-bond acceptors (Lipinski definition) is 7. The van der Waals surface area contributed by atoms with Crippen molar-refractivity contribution in [3.05, 3.63) is 60.4 Å². The van der Waals surface area contributed by atoms with E-state index in [1.807, 2.05) is 0 Å². The molecule has 29 heavy (non-hydrogen) atoms. The van der Waals surface area contributed by atoms with Crippen LogP contribution in [0, 0.1) is 0 Å². The average molecular weight is 422 g/mol. The van der Waals surface area contributed by atoms with Crippen molar-refractivity contribution in [3.63, 3.8) is 0 Å². The summed E-state index contributed by atoms with van der Waals surface area (Å²) in [4.78, 5) is 11.5. The van der Waals surface area contributed by atoms with Gasteiger partial charge in [0.2, 0.25) is 9.84 Å². The number of nitrogens with one attached hydrogen (secondary N) is 2. The molecule has 0 saturated heterocycles. The maximum atomic E-state index is 12.8. The first kappa shape index (κ1) is 20.3. The van der Waals surface area contributed by atoms with E-state index in [9.17, 15) is 22.0 Å². The number of sulfone groups is 1.